The Labute approximate surface area is 166 Å². The second-order valence-electron chi connectivity index (χ2n) is 5.98. The number of carbonyl (C=O) groups excluding carboxylic acids is 2. The number of hydrogen-bond donors (Lipinski definition) is 2. The van der Waals surface area contributed by atoms with Gasteiger partial charge in [-0.05, 0) is 33.4 Å². The molecule has 3 rings (SSSR count). The summed E-state index contributed by atoms with van der Waals surface area (Å²) in [5.41, 5.74) is 8.45. The average Bonchev–Trinajstić information content (AvgIpc) is 3.01. The first kappa shape index (κ1) is 21.0. The number of nitrogens with two attached hydrogens (primary N) is 1. The van der Waals surface area contributed by atoms with Gasteiger partial charge >= 0.3 is 0 Å². The van der Waals surface area contributed by atoms with Gasteiger partial charge < -0.3 is 15.8 Å². The zero-order valence-electron chi connectivity index (χ0n) is 15.3. The second-order valence-corrected chi connectivity index (χ2v) is 7.45. The van der Waals surface area contributed by atoms with Crippen LogP contribution in [0.4, 0.5) is 5.95 Å². The molecule has 2 aromatic heterocycles. The van der Waals surface area contributed by atoms with Gasteiger partial charge in [-0.2, -0.15) is 0 Å². The number of nitrogens with zero attached hydrogens (tertiary/aromatic N) is 2. The first-order valence-electron chi connectivity index (χ1n) is 8.28. The summed E-state index contributed by atoms with van der Waals surface area (Å²) in [4.78, 5) is 30.4. The van der Waals surface area contributed by atoms with Crippen LogP contribution in [0.15, 0.2) is 34.9 Å². The number of likely N-dealkylation sites (N-methyl/N-ethyl adjacent to an activating group) is 1. The molecule has 2 heterocycles. The summed E-state index contributed by atoms with van der Waals surface area (Å²) in [6.45, 7) is 3.84. The van der Waals surface area contributed by atoms with Gasteiger partial charge in [-0.1, -0.05) is 35.4 Å². The summed E-state index contributed by atoms with van der Waals surface area (Å²) < 4.78 is 0. The number of rotatable bonds is 4. The van der Waals surface area contributed by atoms with Crippen molar-refractivity contribution in [3.63, 3.8) is 0 Å². The molecule has 0 bridgehead atoms. The molecule has 0 spiro atoms. The molecule has 8 heteroatoms. The van der Waals surface area contributed by atoms with Crippen molar-refractivity contribution >= 4 is 57.2 Å². The first-order valence-corrected chi connectivity index (χ1v) is 9.47. The van der Waals surface area contributed by atoms with Crippen LogP contribution in [0.1, 0.15) is 35.6 Å². The van der Waals surface area contributed by atoms with E-state index in [1.807, 2.05) is 25.2 Å². The SMILES string of the molecule is CC1=CC=C(c2nc(N)nc3sc(C=O)cc23)C(Cl)=CC1.CNC(C)C=O. The molecule has 142 valence electrons. The maximum Gasteiger partial charge on any atom is 0.221 e. The summed E-state index contributed by atoms with van der Waals surface area (Å²) >= 11 is 7.66. The maximum absolute atomic E-state index is 11.0. The minimum Gasteiger partial charge on any atom is -0.368 e. The number of fused-ring (bicyclic) bond motifs is 1. The molecule has 1 aliphatic rings. The van der Waals surface area contributed by atoms with Crippen LogP contribution in [-0.4, -0.2) is 35.6 Å². The number of carbonyl (C=O) groups is 2. The van der Waals surface area contributed by atoms with Crippen molar-refractivity contribution < 1.29 is 9.59 Å². The van der Waals surface area contributed by atoms with Gasteiger partial charge in [0.1, 0.15) is 11.1 Å². The van der Waals surface area contributed by atoms with Crippen LogP contribution in [0.2, 0.25) is 0 Å². The standard InChI is InChI=1S/C15H12ClN3OS.C4H9NO/c1-8-2-4-10(12(16)5-3-8)13-11-6-9(7-20)21-14(11)19-15(17)18-13;1-4(3-6)5-2/h2,4-7H,3H2,1H3,(H2,17,18,19);3-5H,1-2H3. The molecular formula is C19H21ClN4O2S. The van der Waals surface area contributed by atoms with Crippen LogP contribution < -0.4 is 11.1 Å². The predicted molar refractivity (Wildman–Crippen MR) is 112 cm³/mol. The molecule has 2 aromatic rings. The van der Waals surface area contributed by atoms with E-state index in [0.29, 0.717) is 20.4 Å². The van der Waals surface area contributed by atoms with Gasteiger partial charge in [0.25, 0.3) is 0 Å². The van der Waals surface area contributed by atoms with Gasteiger partial charge in [-0.25, -0.2) is 9.97 Å². The fourth-order valence-corrected chi connectivity index (χ4v) is 3.30. The summed E-state index contributed by atoms with van der Waals surface area (Å²) in [5.74, 6) is 0.173. The second kappa shape index (κ2) is 9.55. The summed E-state index contributed by atoms with van der Waals surface area (Å²) in [5, 5.41) is 4.17. The van der Waals surface area contributed by atoms with Gasteiger partial charge in [0.15, 0.2) is 6.29 Å². The van der Waals surface area contributed by atoms with E-state index in [1.165, 1.54) is 16.9 Å². The molecule has 0 aromatic carbocycles. The normalized spacial score (nSPS) is 14.9. The van der Waals surface area contributed by atoms with Crippen molar-refractivity contribution in [2.24, 2.45) is 0 Å². The fourth-order valence-electron chi connectivity index (χ4n) is 2.21. The van der Waals surface area contributed by atoms with Crippen molar-refractivity contribution in [1.29, 1.82) is 0 Å². The molecular weight excluding hydrogens is 384 g/mol. The van der Waals surface area contributed by atoms with Crippen molar-refractivity contribution in [2.45, 2.75) is 26.3 Å². The van der Waals surface area contributed by atoms with Crippen LogP contribution >= 0.6 is 22.9 Å². The number of allylic oxidation sites excluding steroid dienone is 6. The predicted octanol–water partition coefficient (Wildman–Crippen LogP) is 3.74. The molecule has 6 nitrogen and oxygen atoms in total. The number of thiophene rings is 1. The minimum atomic E-state index is 0.00463. The Kier molecular flexibility index (Phi) is 7.41. The lowest BCUT2D eigenvalue weighted by molar-refractivity contribution is -0.109. The van der Waals surface area contributed by atoms with E-state index in [2.05, 4.69) is 15.3 Å². The number of hydrogen-bond acceptors (Lipinski definition) is 7. The Bertz CT molecular complexity index is 947. The summed E-state index contributed by atoms with van der Waals surface area (Å²) in [6.07, 6.45) is 8.35. The Morgan fingerprint density at radius 2 is 2.07 bits per heavy atom. The topological polar surface area (TPSA) is 98.0 Å². The van der Waals surface area contributed by atoms with E-state index in [1.54, 1.807) is 20.0 Å². The zero-order chi connectivity index (χ0) is 20.0. The van der Waals surface area contributed by atoms with Crippen molar-refractivity contribution in [3.05, 3.63) is 45.5 Å². The number of halogens is 1. The van der Waals surface area contributed by atoms with Crippen LogP contribution in [0.5, 0.6) is 0 Å². The number of aromatic nitrogens is 2. The Morgan fingerprint density at radius 3 is 2.67 bits per heavy atom. The van der Waals surface area contributed by atoms with E-state index in [-0.39, 0.29) is 12.0 Å². The average molecular weight is 405 g/mol. The maximum atomic E-state index is 11.0. The monoisotopic (exact) mass is 404 g/mol. The Hall–Kier alpha value is -2.35. The highest BCUT2D eigenvalue weighted by atomic mass is 35.5. The van der Waals surface area contributed by atoms with Gasteiger partial charge in [0, 0.05) is 16.0 Å². The molecule has 1 atom stereocenters. The van der Waals surface area contributed by atoms with E-state index < -0.39 is 0 Å². The summed E-state index contributed by atoms with van der Waals surface area (Å²) in [6, 6.07) is 1.78. The molecule has 1 aliphatic carbocycles. The third kappa shape index (κ3) is 5.32. The number of nitrogen functional groups attached to an aromatic ring is 1. The number of nitrogens with one attached hydrogen (secondary N) is 1. The van der Waals surface area contributed by atoms with Gasteiger partial charge in [0.2, 0.25) is 5.95 Å². The van der Waals surface area contributed by atoms with Gasteiger partial charge in [0.05, 0.1) is 16.6 Å². The zero-order valence-corrected chi connectivity index (χ0v) is 16.9. The first-order chi connectivity index (χ1) is 12.9. The molecule has 27 heavy (non-hydrogen) atoms. The highest BCUT2D eigenvalue weighted by Crippen LogP contribution is 2.35. The van der Waals surface area contributed by atoms with Crippen LogP contribution in [0.25, 0.3) is 15.8 Å². The third-order valence-corrected chi connectivity index (χ3v) is 5.17. The van der Waals surface area contributed by atoms with E-state index in [4.69, 9.17) is 17.3 Å². The molecule has 3 N–H and O–H groups in total. The molecule has 0 saturated heterocycles. The Morgan fingerprint density at radius 1 is 1.33 bits per heavy atom. The largest absolute Gasteiger partial charge is 0.368 e. The molecule has 0 saturated carbocycles. The minimum absolute atomic E-state index is 0.00463. The van der Waals surface area contributed by atoms with Crippen LogP contribution in [0, 0.1) is 0 Å². The van der Waals surface area contributed by atoms with E-state index >= 15 is 0 Å². The molecule has 0 aliphatic heterocycles. The molecule has 0 fully saturated rings. The Balaban J connectivity index is 0.000000380. The highest BCUT2D eigenvalue weighted by Gasteiger charge is 2.17. The van der Waals surface area contributed by atoms with Gasteiger partial charge in [-0.3, -0.25) is 4.79 Å². The lowest BCUT2D eigenvalue weighted by atomic mass is 10.1. The lowest BCUT2D eigenvalue weighted by Crippen LogP contribution is -2.21. The molecule has 0 radical (unpaired) electrons. The number of aldehydes is 2. The quantitative estimate of drug-likeness (QED) is 0.753. The van der Waals surface area contributed by atoms with Crippen LogP contribution in [-0.2, 0) is 4.79 Å². The van der Waals surface area contributed by atoms with E-state index in [0.717, 1.165) is 30.0 Å². The smallest absolute Gasteiger partial charge is 0.221 e. The van der Waals surface area contributed by atoms with Crippen molar-refractivity contribution in [1.82, 2.24) is 15.3 Å². The van der Waals surface area contributed by atoms with Crippen molar-refractivity contribution in [2.75, 3.05) is 12.8 Å². The fraction of sp³-hybridized carbons (Fsp3) is 0.263. The van der Waals surface area contributed by atoms with Gasteiger partial charge in [-0.15, -0.1) is 11.3 Å². The van der Waals surface area contributed by atoms with E-state index in [9.17, 15) is 9.59 Å². The third-order valence-electron chi connectivity index (χ3n) is 3.85. The highest BCUT2D eigenvalue weighted by molar-refractivity contribution is 7.20. The summed E-state index contributed by atoms with van der Waals surface area (Å²) in [7, 11) is 1.75. The molecule has 1 unspecified atom stereocenters. The van der Waals surface area contributed by atoms with Crippen molar-refractivity contribution in [3.8, 4) is 0 Å². The number of anilines is 1. The lowest BCUT2D eigenvalue weighted by Gasteiger charge is -2.07. The van der Waals surface area contributed by atoms with Crippen LogP contribution in [0.3, 0.4) is 0 Å². The molecule has 0 amide bonds.